The Labute approximate surface area is 90.3 Å². The van der Waals surface area contributed by atoms with Gasteiger partial charge in [0.25, 0.3) is 0 Å². The summed E-state index contributed by atoms with van der Waals surface area (Å²) in [4.78, 5) is 24.9. The van der Waals surface area contributed by atoms with E-state index in [4.69, 9.17) is 0 Å². The molecule has 4 heteroatoms. The van der Waals surface area contributed by atoms with Crippen LogP contribution in [0.25, 0.3) is 0 Å². The maximum Gasteiger partial charge on any atom is 0.246 e. The first-order chi connectivity index (χ1) is 7.03. The van der Waals surface area contributed by atoms with Crippen molar-refractivity contribution in [1.29, 1.82) is 0 Å². The van der Waals surface area contributed by atoms with Crippen LogP contribution < -0.4 is 5.32 Å². The molecule has 0 spiro atoms. The van der Waals surface area contributed by atoms with E-state index in [2.05, 4.69) is 5.32 Å². The topological polar surface area (TPSA) is 49.4 Å². The molecule has 0 aromatic rings. The molecule has 1 heterocycles. The number of rotatable bonds is 2. The number of hydrogen-bond acceptors (Lipinski definition) is 2. The molecule has 15 heavy (non-hydrogen) atoms. The van der Waals surface area contributed by atoms with Gasteiger partial charge in [-0.2, -0.15) is 0 Å². The molecule has 1 atom stereocenters. The van der Waals surface area contributed by atoms with Crippen molar-refractivity contribution in [3.05, 3.63) is 12.2 Å². The van der Waals surface area contributed by atoms with Crippen LogP contribution in [0.5, 0.6) is 0 Å². The molecule has 1 fully saturated rings. The van der Waals surface area contributed by atoms with Gasteiger partial charge in [0.05, 0.1) is 5.41 Å². The molecule has 4 nitrogen and oxygen atoms in total. The number of carbonyl (C=O) groups excluding carboxylic acids is 2. The van der Waals surface area contributed by atoms with Crippen LogP contribution in [0.15, 0.2) is 12.2 Å². The molecule has 0 radical (unpaired) electrons. The Morgan fingerprint density at radius 2 is 2.13 bits per heavy atom. The highest BCUT2D eigenvalue weighted by Crippen LogP contribution is 2.30. The van der Waals surface area contributed by atoms with Crippen LogP contribution in [0.4, 0.5) is 0 Å². The van der Waals surface area contributed by atoms with Gasteiger partial charge >= 0.3 is 0 Å². The summed E-state index contributed by atoms with van der Waals surface area (Å²) in [5, 5.41) is 2.64. The van der Waals surface area contributed by atoms with Crippen LogP contribution in [0, 0.1) is 5.41 Å². The number of hydrogen-bond donors (Lipinski definition) is 1. The highest BCUT2D eigenvalue weighted by molar-refractivity contribution is 5.89. The van der Waals surface area contributed by atoms with E-state index in [1.807, 2.05) is 13.8 Å². The molecule has 1 aliphatic rings. The Morgan fingerprint density at radius 1 is 1.47 bits per heavy atom. The number of amides is 2. The number of nitrogens with one attached hydrogen (secondary N) is 1. The molecular weight excluding hydrogens is 192 g/mol. The third-order valence-electron chi connectivity index (χ3n) is 2.87. The lowest BCUT2D eigenvalue weighted by molar-refractivity contribution is -0.130. The largest absolute Gasteiger partial charge is 0.359 e. The van der Waals surface area contributed by atoms with E-state index in [1.165, 1.54) is 6.08 Å². The van der Waals surface area contributed by atoms with Gasteiger partial charge < -0.3 is 10.2 Å². The highest BCUT2D eigenvalue weighted by atomic mass is 16.2. The van der Waals surface area contributed by atoms with Crippen LogP contribution in [0.1, 0.15) is 20.3 Å². The van der Waals surface area contributed by atoms with Crippen LogP contribution >= 0.6 is 0 Å². The monoisotopic (exact) mass is 210 g/mol. The van der Waals surface area contributed by atoms with E-state index in [1.54, 1.807) is 18.0 Å². The molecule has 0 aliphatic carbocycles. The van der Waals surface area contributed by atoms with E-state index >= 15 is 0 Å². The average molecular weight is 210 g/mol. The van der Waals surface area contributed by atoms with Crippen molar-refractivity contribution in [2.75, 3.05) is 20.1 Å². The Kier molecular flexibility index (Phi) is 3.50. The molecule has 0 aromatic carbocycles. The molecular formula is C11H18N2O2. The van der Waals surface area contributed by atoms with Gasteiger partial charge in [0.2, 0.25) is 11.8 Å². The number of likely N-dealkylation sites (tertiary alicyclic amines) is 1. The van der Waals surface area contributed by atoms with E-state index in [0.29, 0.717) is 13.1 Å². The minimum atomic E-state index is -0.425. The Hall–Kier alpha value is -1.32. The molecule has 0 bridgehead atoms. The van der Waals surface area contributed by atoms with Gasteiger partial charge in [-0.3, -0.25) is 9.59 Å². The Morgan fingerprint density at radius 3 is 2.67 bits per heavy atom. The summed E-state index contributed by atoms with van der Waals surface area (Å²) in [7, 11) is 1.63. The van der Waals surface area contributed by atoms with E-state index in [9.17, 15) is 9.59 Å². The second kappa shape index (κ2) is 4.47. The minimum absolute atomic E-state index is 0.00914. The number of nitrogens with zero attached hydrogens (tertiary/aromatic N) is 1. The van der Waals surface area contributed by atoms with Crippen LogP contribution in [0.2, 0.25) is 0 Å². The van der Waals surface area contributed by atoms with Crippen molar-refractivity contribution in [3.63, 3.8) is 0 Å². The maximum atomic E-state index is 11.6. The van der Waals surface area contributed by atoms with Gasteiger partial charge in [0.15, 0.2) is 0 Å². The Bertz CT molecular complexity index is 299. The third-order valence-corrected chi connectivity index (χ3v) is 2.87. The summed E-state index contributed by atoms with van der Waals surface area (Å²) in [6.45, 7) is 4.88. The van der Waals surface area contributed by atoms with Crippen molar-refractivity contribution >= 4 is 11.8 Å². The third kappa shape index (κ3) is 2.37. The van der Waals surface area contributed by atoms with Crippen LogP contribution in [-0.4, -0.2) is 36.9 Å². The highest BCUT2D eigenvalue weighted by Gasteiger charge is 2.40. The van der Waals surface area contributed by atoms with Gasteiger partial charge in [-0.25, -0.2) is 0 Å². The lowest BCUT2D eigenvalue weighted by Gasteiger charge is -2.22. The first-order valence-corrected chi connectivity index (χ1v) is 5.17. The first kappa shape index (κ1) is 11.8. The minimum Gasteiger partial charge on any atom is -0.359 e. The standard InChI is InChI=1S/C11H18N2O2/c1-4-5-9(14)13-7-6-11(2,8-13)10(15)12-3/h4-5H,6-8H2,1-3H3,(H,12,15)/b5-4+. The lowest BCUT2D eigenvalue weighted by atomic mass is 9.89. The van der Waals surface area contributed by atoms with Crippen LogP contribution in [0.3, 0.4) is 0 Å². The van der Waals surface area contributed by atoms with Crippen molar-refractivity contribution in [2.24, 2.45) is 5.41 Å². The summed E-state index contributed by atoms with van der Waals surface area (Å²) in [6, 6.07) is 0. The zero-order chi connectivity index (χ0) is 11.5. The second-order valence-corrected chi connectivity index (χ2v) is 4.15. The van der Waals surface area contributed by atoms with E-state index < -0.39 is 5.41 Å². The predicted octanol–water partition coefficient (Wildman–Crippen LogP) is 0.547. The fourth-order valence-electron chi connectivity index (χ4n) is 1.88. The molecule has 1 rings (SSSR count). The molecule has 1 unspecified atom stereocenters. The number of allylic oxidation sites excluding steroid dienone is 1. The smallest absolute Gasteiger partial charge is 0.246 e. The van der Waals surface area contributed by atoms with Gasteiger partial charge in [0.1, 0.15) is 0 Å². The molecule has 2 amide bonds. The molecule has 1 saturated heterocycles. The summed E-state index contributed by atoms with van der Waals surface area (Å²) >= 11 is 0. The summed E-state index contributed by atoms with van der Waals surface area (Å²) in [5.74, 6) is 0.00315. The van der Waals surface area contributed by atoms with Gasteiger partial charge in [-0.05, 0) is 26.3 Å². The number of carbonyl (C=O) groups is 2. The molecule has 84 valence electrons. The first-order valence-electron chi connectivity index (χ1n) is 5.17. The zero-order valence-corrected chi connectivity index (χ0v) is 9.54. The van der Waals surface area contributed by atoms with Crippen molar-refractivity contribution < 1.29 is 9.59 Å². The van der Waals surface area contributed by atoms with Crippen molar-refractivity contribution in [1.82, 2.24) is 10.2 Å². The molecule has 0 saturated carbocycles. The maximum absolute atomic E-state index is 11.6. The van der Waals surface area contributed by atoms with E-state index in [0.717, 1.165) is 6.42 Å². The summed E-state index contributed by atoms with van der Waals surface area (Å²) in [5.41, 5.74) is -0.425. The normalized spacial score (nSPS) is 25.9. The molecule has 1 N–H and O–H groups in total. The summed E-state index contributed by atoms with van der Waals surface area (Å²) in [6.07, 6.45) is 3.99. The SMILES string of the molecule is C/C=C/C(=O)N1CCC(C)(C(=O)NC)C1. The molecule has 1 aliphatic heterocycles. The van der Waals surface area contributed by atoms with Gasteiger partial charge in [-0.15, -0.1) is 0 Å². The zero-order valence-electron chi connectivity index (χ0n) is 9.54. The Balaban J connectivity index is 2.66. The average Bonchev–Trinajstić information content (AvgIpc) is 2.61. The fraction of sp³-hybridized carbons (Fsp3) is 0.636. The second-order valence-electron chi connectivity index (χ2n) is 4.15. The van der Waals surface area contributed by atoms with E-state index in [-0.39, 0.29) is 11.8 Å². The fourth-order valence-corrected chi connectivity index (χ4v) is 1.88. The quantitative estimate of drug-likeness (QED) is 0.676. The van der Waals surface area contributed by atoms with Gasteiger partial charge in [0, 0.05) is 20.1 Å². The lowest BCUT2D eigenvalue weighted by Crippen LogP contribution is -2.40. The molecule has 0 aromatic heterocycles. The van der Waals surface area contributed by atoms with Crippen LogP contribution in [-0.2, 0) is 9.59 Å². The predicted molar refractivity (Wildman–Crippen MR) is 58.2 cm³/mol. The van der Waals surface area contributed by atoms with Crippen molar-refractivity contribution in [3.8, 4) is 0 Å². The summed E-state index contributed by atoms with van der Waals surface area (Å²) < 4.78 is 0. The van der Waals surface area contributed by atoms with Gasteiger partial charge in [-0.1, -0.05) is 6.08 Å². The van der Waals surface area contributed by atoms with Crippen molar-refractivity contribution in [2.45, 2.75) is 20.3 Å².